The lowest BCUT2D eigenvalue weighted by Crippen LogP contribution is -2.14. The Labute approximate surface area is 105 Å². The van der Waals surface area contributed by atoms with Crippen molar-refractivity contribution in [2.75, 3.05) is 18.1 Å². The molecule has 1 amide bonds. The first-order valence-corrected chi connectivity index (χ1v) is 7.23. The number of halogens is 1. The van der Waals surface area contributed by atoms with Gasteiger partial charge < -0.3 is 11.1 Å². The number of anilines is 1. The molecule has 0 radical (unpaired) electrons. The number of benzene rings is 1. The second-order valence-electron chi connectivity index (χ2n) is 3.85. The summed E-state index contributed by atoms with van der Waals surface area (Å²) >= 11 is 0. The summed E-state index contributed by atoms with van der Waals surface area (Å²) in [5.74, 6) is -1.08. The lowest BCUT2D eigenvalue weighted by Gasteiger charge is -2.07. The largest absolute Gasteiger partial charge is 0.330 e. The van der Waals surface area contributed by atoms with Crippen molar-refractivity contribution in [2.24, 2.45) is 5.73 Å². The Kier molecular flexibility index (Phi) is 4.80. The van der Waals surface area contributed by atoms with Gasteiger partial charge in [0.2, 0.25) is 5.91 Å². The molecule has 0 aliphatic heterocycles. The third-order valence-electron chi connectivity index (χ3n) is 2.25. The Morgan fingerprint density at radius 2 is 2.11 bits per heavy atom. The molecule has 0 unspecified atom stereocenters. The molecule has 0 aliphatic rings. The molecule has 0 heterocycles. The fourth-order valence-corrected chi connectivity index (χ4v) is 1.95. The van der Waals surface area contributed by atoms with Crippen LogP contribution in [-0.2, 0) is 14.6 Å². The predicted molar refractivity (Wildman–Crippen MR) is 66.4 cm³/mol. The minimum Gasteiger partial charge on any atom is -0.330 e. The van der Waals surface area contributed by atoms with E-state index in [9.17, 15) is 17.6 Å². The van der Waals surface area contributed by atoms with Crippen LogP contribution >= 0.6 is 0 Å². The zero-order valence-electron chi connectivity index (χ0n) is 9.94. The van der Waals surface area contributed by atoms with Crippen LogP contribution in [-0.4, -0.2) is 27.1 Å². The molecular weight excluding hydrogens is 259 g/mol. The first-order chi connectivity index (χ1) is 8.34. The molecule has 18 heavy (non-hydrogen) atoms. The highest BCUT2D eigenvalue weighted by Crippen LogP contribution is 2.19. The molecule has 0 bridgehead atoms. The average Bonchev–Trinajstić information content (AvgIpc) is 2.28. The van der Waals surface area contributed by atoms with Crippen LogP contribution in [0.5, 0.6) is 0 Å². The van der Waals surface area contributed by atoms with E-state index in [0.29, 0.717) is 13.0 Å². The van der Waals surface area contributed by atoms with Crippen LogP contribution < -0.4 is 11.1 Å². The van der Waals surface area contributed by atoms with Crippen molar-refractivity contribution in [3.8, 4) is 0 Å². The van der Waals surface area contributed by atoms with Gasteiger partial charge in [0, 0.05) is 12.7 Å². The van der Waals surface area contributed by atoms with Crippen LogP contribution in [0.15, 0.2) is 23.1 Å². The Morgan fingerprint density at radius 1 is 1.44 bits per heavy atom. The monoisotopic (exact) mass is 274 g/mol. The molecule has 5 nitrogen and oxygen atoms in total. The topological polar surface area (TPSA) is 89.3 Å². The summed E-state index contributed by atoms with van der Waals surface area (Å²) in [7, 11) is -3.43. The van der Waals surface area contributed by atoms with Crippen molar-refractivity contribution < 1.29 is 17.6 Å². The Bertz CT molecular complexity index is 543. The minimum atomic E-state index is -3.43. The van der Waals surface area contributed by atoms with E-state index in [1.165, 1.54) is 0 Å². The Balaban J connectivity index is 2.92. The van der Waals surface area contributed by atoms with Gasteiger partial charge in [-0.05, 0) is 31.2 Å². The van der Waals surface area contributed by atoms with Crippen molar-refractivity contribution in [3.05, 3.63) is 24.0 Å². The van der Waals surface area contributed by atoms with Gasteiger partial charge in [0.1, 0.15) is 5.82 Å². The average molecular weight is 274 g/mol. The second kappa shape index (κ2) is 5.92. The van der Waals surface area contributed by atoms with Gasteiger partial charge in [-0.25, -0.2) is 12.8 Å². The van der Waals surface area contributed by atoms with Gasteiger partial charge >= 0.3 is 0 Å². The lowest BCUT2D eigenvalue weighted by molar-refractivity contribution is -0.116. The van der Waals surface area contributed by atoms with E-state index in [1.54, 1.807) is 0 Å². The number of nitrogens with one attached hydrogen (secondary N) is 1. The number of carbonyl (C=O) groups excluding carboxylic acids is 1. The molecule has 0 spiro atoms. The summed E-state index contributed by atoms with van der Waals surface area (Å²) in [5.41, 5.74) is 5.11. The summed E-state index contributed by atoms with van der Waals surface area (Å²) in [6.07, 6.45) is 1.67. The Hall–Kier alpha value is -1.47. The third kappa shape index (κ3) is 4.08. The quantitative estimate of drug-likeness (QED) is 0.781. The number of hydrogen-bond acceptors (Lipinski definition) is 4. The van der Waals surface area contributed by atoms with Crippen LogP contribution in [0.25, 0.3) is 0 Å². The minimum absolute atomic E-state index is 0.0435. The van der Waals surface area contributed by atoms with Crippen LogP contribution in [0.3, 0.4) is 0 Å². The van der Waals surface area contributed by atoms with Crippen molar-refractivity contribution in [1.82, 2.24) is 0 Å². The fraction of sp³-hybridized carbons (Fsp3) is 0.364. The van der Waals surface area contributed by atoms with Crippen molar-refractivity contribution >= 4 is 21.4 Å². The van der Waals surface area contributed by atoms with E-state index in [-0.39, 0.29) is 17.0 Å². The van der Waals surface area contributed by atoms with E-state index in [4.69, 9.17) is 5.73 Å². The van der Waals surface area contributed by atoms with E-state index >= 15 is 0 Å². The normalized spacial score (nSPS) is 11.3. The van der Waals surface area contributed by atoms with Crippen molar-refractivity contribution in [3.63, 3.8) is 0 Å². The molecule has 0 aromatic heterocycles. The Morgan fingerprint density at radius 3 is 2.67 bits per heavy atom. The zero-order valence-corrected chi connectivity index (χ0v) is 10.8. The van der Waals surface area contributed by atoms with Crippen LogP contribution in [0, 0.1) is 5.82 Å². The van der Waals surface area contributed by atoms with E-state index in [2.05, 4.69) is 5.32 Å². The van der Waals surface area contributed by atoms with E-state index in [1.807, 2.05) is 0 Å². The van der Waals surface area contributed by atoms with Crippen molar-refractivity contribution in [2.45, 2.75) is 17.7 Å². The number of carbonyl (C=O) groups is 1. The van der Waals surface area contributed by atoms with Gasteiger partial charge in [0.15, 0.2) is 9.84 Å². The highest BCUT2D eigenvalue weighted by Gasteiger charge is 2.12. The molecule has 1 rings (SSSR count). The number of rotatable bonds is 5. The standard InChI is InChI=1S/C11H15FN2O3S/c1-18(16,17)8-4-5-9(12)10(7-8)14-11(15)3-2-6-13/h4-5,7H,2-3,6,13H2,1H3,(H,14,15). The molecule has 0 saturated carbocycles. The van der Waals surface area contributed by atoms with Gasteiger partial charge in [-0.15, -0.1) is 0 Å². The number of hydrogen-bond donors (Lipinski definition) is 2. The second-order valence-corrected chi connectivity index (χ2v) is 5.87. The number of nitrogens with two attached hydrogens (primary N) is 1. The number of amides is 1. The molecular formula is C11H15FN2O3S. The first kappa shape index (κ1) is 14.6. The van der Waals surface area contributed by atoms with Gasteiger partial charge in [-0.1, -0.05) is 0 Å². The summed E-state index contributed by atoms with van der Waals surface area (Å²) < 4.78 is 36.0. The molecule has 0 saturated heterocycles. The predicted octanol–water partition coefficient (Wildman–Crippen LogP) is 0.907. The molecule has 3 N–H and O–H groups in total. The summed E-state index contributed by atoms with van der Waals surface area (Å²) in [6.45, 7) is 0.360. The summed E-state index contributed by atoms with van der Waals surface area (Å²) in [6, 6.07) is 3.26. The molecule has 1 aromatic carbocycles. The van der Waals surface area contributed by atoms with Crippen LogP contribution in [0.2, 0.25) is 0 Å². The van der Waals surface area contributed by atoms with Gasteiger partial charge in [-0.3, -0.25) is 4.79 Å². The van der Waals surface area contributed by atoms with E-state index in [0.717, 1.165) is 24.5 Å². The summed E-state index contributed by atoms with van der Waals surface area (Å²) in [4.78, 5) is 11.4. The SMILES string of the molecule is CS(=O)(=O)c1ccc(F)c(NC(=O)CCCN)c1. The molecule has 0 atom stereocenters. The van der Waals surface area contributed by atoms with Gasteiger partial charge in [0.25, 0.3) is 0 Å². The smallest absolute Gasteiger partial charge is 0.224 e. The molecule has 0 aliphatic carbocycles. The maximum Gasteiger partial charge on any atom is 0.224 e. The van der Waals surface area contributed by atoms with Crippen LogP contribution in [0.4, 0.5) is 10.1 Å². The third-order valence-corrected chi connectivity index (χ3v) is 3.36. The van der Waals surface area contributed by atoms with Gasteiger partial charge in [-0.2, -0.15) is 0 Å². The fourth-order valence-electron chi connectivity index (χ4n) is 1.31. The first-order valence-electron chi connectivity index (χ1n) is 5.34. The molecule has 1 aromatic rings. The highest BCUT2D eigenvalue weighted by atomic mass is 32.2. The zero-order chi connectivity index (χ0) is 13.8. The molecule has 7 heteroatoms. The summed E-state index contributed by atoms with van der Waals surface area (Å²) in [5, 5.41) is 2.32. The number of sulfone groups is 1. The maximum absolute atomic E-state index is 13.4. The van der Waals surface area contributed by atoms with Crippen molar-refractivity contribution in [1.29, 1.82) is 0 Å². The van der Waals surface area contributed by atoms with E-state index < -0.39 is 21.6 Å². The molecule has 0 fully saturated rings. The van der Waals surface area contributed by atoms with Crippen LogP contribution in [0.1, 0.15) is 12.8 Å². The van der Waals surface area contributed by atoms with Gasteiger partial charge in [0.05, 0.1) is 10.6 Å². The lowest BCUT2D eigenvalue weighted by atomic mass is 10.2. The maximum atomic E-state index is 13.4. The highest BCUT2D eigenvalue weighted by molar-refractivity contribution is 7.90. The molecule has 100 valence electrons.